The van der Waals surface area contributed by atoms with Crippen molar-refractivity contribution in [2.45, 2.75) is 14.4 Å². The van der Waals surface area contributed by atoms with Gasteiger partial charge in [-0.25, -0.2) is 13.2 Å². The molecule has 3 aromatic rings. The van der Waals surface area contributed by atoms with E-state index in [2.05, 4.69) is 0 Å². The molecule has 23 heavy (non-hydrogen) atoms. The van der Waals surface area contributed by atoms with Crippen molar-refractivity contribution in [2.75, 3.05) is 0 Å². The molecule has 0 bridgehead atoms. The van der Waals surface area contributed by atoms with Crippen molar-refractivity contribution in [3.05, 3.63) is 83.7 Å². The van der Waals surface area contributed by atoms with Crippen LogP contribution in [0.1, 0.15) is 13.0 Å². The van der Waals surface area contributed by atoms with Gasteiger partial charge in [0.1, 0.15) is 17.5 Å². The lowest BCUT2D eigenvalue weighted by Gasteiger charge is -2.08. The van der Waals surface area contributed by atoms with Crippen LogP contribution in [0.25, 0.3) is 22.3 Å². The fraction of sp³-hybridized carbons (Fsp3) is 0.100. The van der Waals surface area contributed by atoms with E-state index in [9.17, 15) is 13.2 Å². The van der Waals surface area contributed by atoms with Crippen LogP contribution in [-0.4, -0.2) is 0 Å². The molecule has 0 fully saturated rings. The molecule has 0 spiro atoms. The molecule has 3 heteroatoms. The predicted molar refractivity (Wildman–Crippen MR) is 88.7 cm³/mol. The average molecular weight is 314 g/mol. The summed E-state index contributed by atoms with van der Waals surface area (Å²) in [6.45, 7) is 1.80. The predicted octanol–water partition coefficient (Wildman–Crippen LogP) is 6.38. The van der Waals surface area contributed by atoms with Crippen molar-refractivity contribution in [2.24, 2.45) is 0 Å². The summed E-state index contributed by atoms with van der Waals surface area (Å²) < 4.78 is 41.2. The lowest BCUT2D eigenvalue weighted by Crippen LogP contribution is -1.90. The van der Waals surface area contributed by atoms with E-state index in [1.165, 1.54) is 36.4 Å². The second kappa shape index (κ2) is 6.69. The molecule has 0 aliphatic heterocycles. The van der Waals surface area contributed by atoms with E-state index >= 15 is 0 Å². The van der Waals surface area contributed by atoms with Crippen LogP contribution in [0.5, 0.6) is 0 Å². The SMILES string of the molecule is C.Cc1ccc(-c2ccc(-c3ccc(F)cc3)c(F)c2)c(F)c1. The zero-order valence-electron chi connectivity index (χ0n) is 11.9. The van der Waals surface area contributed by atoms with E-state index in [1.54, 1.807) is 31.2 Å². The lowest BCUT2D eigenvalue weighted by atomic mass is 9.98. The van der Waals surface area contributed by atoms with E-state index < -0.39 is 5.82 Å². The highest BCUT2D eigenvalue weighted by Crippen LogP contribution is 2.29. The summed E-state index contributed by atoms with van der Waals surface area (Å²) in [5, 5.41) is 0. The second-order valence-electron chi connectivity index (χ2n) is 5.18. The number of hydrogen-bond donors (Lipinski definition) is 0. The normalized spacial score (nSPS) is 10.3. The van der Waals surface area contributed by atoms with Crippen molar-refractivity contribution < 1.29 is 13.2 Å². The van der Waals surface area contributed by atoms with Gasteiger partial charge in [0.2, 0.25) is 0 Å². The van der Waals surface area contributed by atoms with Gasteiger partial charge < -0.3 is 0 Å². The van der Waals surface area contributed by atoms with Crippen LogP contribution >= 0.6 is 0 Å². The standard InChI is InChI=1S/C19H13F3.CH4/c1-12-2-8-17(18(21)10-12)14-5-9-16(19(22)11-14)13-3-6-15(20)7-4-13;/h2-11H,1H3;1H4. The van der Waals surface area contributed by atoms with Crippen LogP contribution in [0, 0.1) is 24.4 Å². The summed E-state index contributed by atoms with van der Waals surface area (Å²) in [5.41, 5.74) is 2.58. The van der Waals surface area contributed by atoms with Crippen LogP contribution in [0.2, 0.25) is 0 Å². The first-order valence-corrected chi connectivity index (χ1v) is 6.86. The van der Waals surface area contributed by atoms with Crippen molar-refractivity contribution in [1.29, 1.82) is 0 Å². The maximum absolute atomic E-state index is 14.3. The van der Waals surface area contributed by atoms with Gasteiger partial charge in [-0.15, -0.1) is 0 Å². The van der Waals surface area contributed by atoms with E-state index in [4.69, 9.17) is 0 Å². The molecule has 0 unspecified atom stereocenters. The van der Waals surface area contributed by atoms with Gasteiger partial charge in [-0.3, -0.25) is 0 Å². The number of halogens is 3. The summed E-state index contributed by atoms with van der Waals surface area (Å²) in [7, 11) is 0. The topological polar surface area (TPSA) is 0 Å². The number of rotatable bonds is 2. The van der Waals surface area contributed by atoms with Crippen LogP contribution in [0.15, 0.2) is 60.7 Å². The van der Waals surface area contributed by atoms with Crippen molar-refractivity contribution in [1.82, 2.24) is 0 Å². The van der Waals surface area contributed by atoms with Gasteiger partial charge in [-0.1, -0.05) is 43.8 Å². The molecule has 0 N–H and O–H groups in total. The Balaban J connectivity index is 0.00000192. The maximum atomic E-state index is 14.3. The third kappa shape index (κ3) is 3.45. The number of benzene rings is 3. The van der Waals surface area contributed by atoms with E-state index in [0.29, 0.717) is 22.3 Å². The molecule has 0 atom stereocenters. The first-order chi connectivity index (χ1) is 10.5. The maximum Gasteiger partial charge on any atom is 0.131 e. The quantitative estimate of drug-likeness (QED) is 0.514. The lowest BCUT2D eigenvalue weighted by molar-refractivity contribution is 0.624. The summed E-state index contributed by atoms with van der Waals surface area (Å²) >= 11 is 0. The number of aryl methyl sites for hydroxylation is 1. The van der Waals surface area contributed by atoms with E-state index in [1.807, 2.05) is 0 Å². The molecule has 0 aliphatic carbocycles. The fourth-order valence-electron chi connectivity index (χ4n) is 2.40. The Morgan fingerprint density at radius 3 is 1.74 bits per heavy atom. The average Bonchev–Trinajstić information content (AvgIpc) is 2.48. The monoisotopic (exact) mass is 314 g/mol. The second-order valence-corrected chi connectivity index (χ2v) is 5.18. The smallest absolute Gasteiger partial charge is 0.131 e. The van der Waals surface area contributed by atoms with Crippen LogP contribution in [0.4, 0.5) is 13.2 Å². The largest absolute Gasteiger partial charge is 0.207 e. The molecule has 0 radical (unpaired) electrons. The minimum atomic E-state index is -0.468. The molecule has 0 saturated carbocycles. The molecule has 0 nitrogen and oxygen atoms in total. The van der Waals surface area contributed by atoms with E-state index in [-0.39, 0.29) is 19.1 Å². The van der Waals surface area contributed by atoms with Crippen LogP contribution in [0.3, 0.4) is 0 Å². The molecule has 0 heterocycles. The fourth-order valence-corrected chi connectivity index (χ4v) is 2.40. The Bertz CT molecular complexity index is 821. The Morgan fingerprint density at radius 2 is 1.13 bits per heavy atom. The zero-order chi connectivity index (χ0) is 15.7. The molecular weight excluding hydrogens is 297 g/mol. The first kappa shape index (κ1) is 16.8. The van der Waals surface area contributed by atoms with Gasteiger partial charge in [0.05, 0.1) is 0 Å². The molecule has 0 saturated heterocycles. The van der Waals surface area contributed by atoms with Crippen molar-refractivity contribution in [3.63, 3.8) is 0 Å². The summed E-state index contributed by atoms with van der Waals surface area (Å²) in [4.78, 5) is 0. The molecule has 0 aromatic heterocycles. The molecule has 3 rings (SSSR count). The highest BCUT2D eigenvalue weighted by Gasteiger charge is 2.10. The summed E-state index contributed by atoms with van der Waals surface area (Å²) in [6, 6.07) is 15.0. The van der Waals surface area contributed by atoms with Gasteiger partial charge in [-0.05, 0) is 47.9 Å². The minimum Gasteiger partial charge on any atom is -0.207 e. The minimum absolute atomic E-state index is 0. The Morgan fingerprint density at radius 1 is 0.609 bits per heavy atom. The third-order valence-electron chi connectivity index (χ3n) is 3.56. The van der Waals surface area contributed by atoms with Crippen LogP contribution in [-0.2, 0) is 0 Å². The number of hydrogen-bond acceptors (Lipinski definition) is 0. The van der Waals surface area contributed by atoms with Gasteiger partial charge in [0.25, 0.3) is 0 Å². The Labute approximate surface area is 134 Å². The van der Waals surface area contributed by atoms with Crippen molar-refractivity contribution in [3.8, 4) is 22.3 Å². The van der Waals surface area contributed by atoms with Gasteiger partial charge in [0.15, 0.2) is 0 Å². The highest BCUT2D eigenvalue weighted by atomic mass is 19.1. The molecular formula is C20H17F3. The third-order valence-corrected chi connectivity index (χ3v) is 3.56. The Kier molecular flexibility index (Phi) is 4.89. The van der Waals surface area contributed by atoms with Crippen LogP contribution < -0.4 is 0 Å². The Hall–Kier alpha value is -2.55. The van der Waals surface area contributed by atoms with E-state index in [0.717, 1.165) is 5.56 Å². The van der Waals surface area contributed by atoms with Gasteiger partial charge >= 0.3 is 0 Å². The highest BCUT2D eigenvalue weighted by molar-refractivity contribution is 5.71. The zero-order valence-corrected chi connectivity index (χ0v) is 11.9. The molecule has 0 aliphatic rings. The van der Waals surface area contributed by atoms with Crippen molar-refractivity contribution >= 4 is 0 Å². The first-order valence-electron chi connectivity index (χ1n) is 6.86. The molecule has 3 aromatic carbocycles. The van der Waals surface area contributed by atoms with Gasteiger partial charge in [-0.2, -0.15) is 0 Å². The summed E-state index contributed by atoms with van der Waals surface area (Å²) in [5.74, 6) is -1.22. The molecule has 118 valence electrons. The summed E-state index contributed by atoms with van der Waals surface area (Å²) in [6.07, 6.45) is 0. The molecule has 0 amide bonds. The van der Waals surface area contributed by atoms with Gasteiger partial charge in [0, 0.05) is 11.1 Å².